The summed E-state index contributed by atoms with van der Waals surface area (Å²) in [5.74, 6) is 2.71. The summed E-state index contributed by atoms with van der Waals surface area (Å²) in [6.07, 6.45) is 20.2. The number of rotatable bonds is 15. The summed E-state index contributed by atoms with van der Waals surface area (Å²) in [5.41, 5.74) is 3.18. The van der Waals surface area contributed by atoms with Gasteiger partial charge in [-0.2, -0.15) is 19.9 Å². The molecule has 1 aliphatic carbocycles. The summed E-state index contributed by atoms with van der Waals surface area (Å²) in [4.78, 5) is 59.4. The average molecular weight is 897 g/mol. The monoisotopic (exact) mass is 897 g/mol. The fourth-order valence-electron chi connectivity index (χ4n) is 9.97. The van der Waals surface area contributed by atoms with Crippen molar-refractivity contribution in [3.63, 3.8) is 0 Å². The highest BCUT2D eigenvalue weighted by Crippen LogP contribution is 2.33. The molecule has 0 bridgehead atoms. The Kier molecular flexibility index (Phi) is 16.3. The van der Waals surface area contributed by atoms with E-state index >= 15 is 0 Å². The molecular formula is C47H72N14O4. The molecule has 65 heavy (non-hydrogen) atoms. The van der Waals surface area contributed by atoms with E-state index in [1.807, 2.05) is 17.6 Å². The van der Waals surface area contributed by atoms with Crippen LogP contribution in [0.3, 0.4) is 0 Å². The molecule has 3 aliphatic heterocycles. The van der Waals surface area contributed by atoms with Gasteiger partial charge in [-0.15, -0.1) is 0 Å². The van der Waals surface area contributed by atoms with Gasteiger partial charge in [0, 0.05) is 81.7 Å². The first-order chi connectivity index (χ1) is 31.5. The summed E-state index contributed by atoms with van der Waals surface area (Å²) >= 11 is 0. The number of carbonyl (C=O) groups is 2. The van der Waals surface area contributed by atoms with Gasteiger partial charge in [-0.1, -0.05) is 13.2 Å². The average Bonchev–Trinajstić information content (AvgIpc) is 3.96. The lowest BCUT2D eigenvalue weighted by Crippen LogP contribution is -2.45. The zero-order chi connectivity index (χ0) is 46.0. The van der Waals surface area contributed by atoms with Crippen LogP contribution in [0.25, 0.3) is 22.3 Å². The fraction of sp³-hybridized carbons (Fsp3) is 0.660. The van der Waals surface area contributed by atoms with Crippen molar-refractivity contribution in [1.82, 2.24) is 49.3 Å². The predicted molar refractivity (Wildman–Crippen MR) is 256 cm³/mol. The standard InChI is InChI=1S/C24H37N7O2.C23H35N7O2/c1-4-20(33)26-17-8-7-9-18(14-17)27-22-21-23(31(15-25-21)16(2)3)29-24(28-22)30-12-6-5-10-19(30)11-13-32;1-4-19(32)28-11-7-8-17(14-28)25-21-20-22(30(15-24-20)16(2)3)27-23(26-21)29-12-6-5-9-18(29)10-13-31/h4,15-19,32H,1,5-14H2,2-3H3,(H,26,33)(H,27,28,29);4,15-18,31H,1,5-14H2,2-3H3,(H,25,26,27)/t17?,18?,19-;17?,18-/m00/s1. The van der Waals surface area contributed by atoms with Gasteiger partial charge in [0.25, 0.3) is 0 Å². The normalized spacial score (nSPS) is 22.8. The lowest BCUT2D eigenvalue weighted by molar-refractivity contribution is -0.127. The number of aromatic nitrogens is 8. The number of nitrogens with one attached hydrogen (secondary N) is 3. The SMILES string of the molecule is C=CC(=O)N1CCCC(Nc2nc(N3CCCC[C@H]3CCO)nc3c2ncn3C(C)C)C1.C=CC(=O)NC1CCCC(Nc2nc(N3CCCC[C@H]3CCO)nc3c2ncn3C(C)C)C1. The van der Waals surface area contributed by atoms with Crippen molar-refractivity contribution in [3.05, 3.63) is 38.0 Å². The van der Waals surface area contributed by atoms with Gasteiger partial charge >= 0.3 is 0 Å². The number of nitrogens with zero attached hydrogens (tertiary/aromatic N) is 11. The second-order valence-electron chi connectivity index (χ2n) is 18.7. The summed E-state index contributed by atoms with van der Waals surface area (Å²) < 4.78 is 4.16. The smallest absolute Gasteiger partial charge is 0.246 e. The molecule has 3 unspecified atom stereocenters. The van der Waals surface area contributed by atoms with Crippen LogP contribution in [-0.2, 0) is 9.59 Å². The second kappa shape index (κ2) is 22.2. The zero-order valence-corrected chi connectivity index (χ0v) is 39.0. The third kappa shape index (κ3) is 11.4. The molecule has 18 nitrogen and oxygen atoms in total. The van der Waals surface area contributed by atoms with Gasteiger partial charge in [-0.25, -0.2) is 9.97 Å². The first-order valence-electron chi connectivity index (χ1n) is 24.1. The summed E-state index contributed by atoms with van der Waals surface area (Å²) in [6, 6.07) is 1.36. The lowest BCUT2D eigenvalue weighted by Gasteiger charge is -2.36. The Bertz CT molecular complexity index is 2240. The molecule has 7 heterocycles. The topological polar surface area (TPSA) is 208 Å². The van der Waals surface area contributed by atoms with Crippen molar-refractivity contribution in [1.29, 1.82) is 0 Å². The Hall–Kier alpha value is -5.36. The number of likely N-dealkylation sites (tertiary alicyclic amines) is 1. The van der Waals surface area contributed by atoms with Crippen LogP contribution < -0.4 is 25.8 Å². The maximum atomic E-state index is 12.1. The van der Waals surface area contributed by atoms with E-state index in [9.17, 15) is 19.8 Å². The van der Waals surface area contributed by atoms with E-state index in [1.165, 1.54) is 18.6 Å². The number of fused-ring (bicyclic) bond motifs is 2. The molecule has 3 saturated heterocycles. The Balaban J connectivity index is 0.000000194. The zero-order valence-electron chi connectivity index (χ0n) is 39.0. The molecule has 8 rings (SSSR count). The number of hydrogen-bond acceptors (Lipinski definition) is 14. The first-order valence-corrected chi connectivity index (χ1v) is 24.1. The van der Waals surface area contributed by atoms with Gasteiger partial charge in [0.15, 0.2) is 34.0 Å². The Labute approximate surface area is 383 Å². The molecular weight excluding hydrogens is 825 g/mol. The molecule has 4 aromatic heterocycles. The number of aliphatic hydroxyl groups is 2. The van der Waals surface area contributed by atoms with Crippen LogP contribution in [0, 0.1) is 0 Å². The molecule has 0 aromatic carbocycles. The molecule has 5 atom stereocenters. The highest BCUT2D eigenvalue weighted by Gasteiger charge is 2.31. The maximum absolute atomic E-state index is 12.1. The molecule has 0 spiro atoms. The number of imidazole rings is 2. The van der Waals surface area contributed by atoms with Gasteiger partial charge in [0.2, 0.25) is 23.7 Å². The fourth-order valence-corrected chi connectivity index (χ4v) is 9.97. The van der Waals surface area contributed by atoms with E-state index < -0.39 is 0 Å². The molecule has 0 radical (unpaired) electrons. The second-order valence-corrected chi connectivity index (χ2v) is 18.7. The molecule has 18 heteroatoms. The Morgan fingerprint density at radius 2 is 1.20 bits per heavy atom. The van der Waals surface area contributed by atoms with Gasteiger partial charge in [0.1, 0.15) is 0 Å². The number of piperidine rings is 3. The van der Waals surface area contributed by atoms with Crippen molar-refractivity contribution in [2.45, 2.75) is 160 Å². The number of anilines is 4. The van der Waals surface area contributed by atoms with Crippen molar-refractivity contribution >= 4 is 57.7 Å². The quantitative estimate of drug-likeness (QED) is 0.0880. The highest BCUT2D eigenvalue weighted by atomic mass is 16.3. The number of hydrogen-bond donors (Lipinski definition) is 5. The van der Waals surface area contributed by atoms with Gasteiger partial charge < -0.3 is 50.0 Å². The molecule has 4 aliphatic rings. The van der Waals surface area contributed by atoms with Gasteiger partial charge in [0.05, 0.1) is 12.7 Å². The minimum Gasteiger partial charge on any atom is -0.396 e. The van der Waals surface area contributed by atoms with E-state index in [1.54, 1.807) is 0 Å². The molecule has 4 fully saturated rings. The Morgan fingerprint density at radius 1 is 0.677 bits per heavy atom. The summed E-state index contributed by atoms with van der Waals surface area (Å²) in [6.45, 7) is 19.1. The van der Waals surface area contributed by atoms with E-state index in [0.29, 0.717) is 18.4 Å². The van der Waals surface area contributed by atoms with E-state index in [-0.39, 0.29) is 67.3 Å². The minimum absolute atomic E-state index is 0.0331. The minimum atomic E-state index is -0.122. The van der Waals surface area contributed by atoms with Crippen LogP contribution >= 0.6 is 0 Å². The van der Waals surface area contributed by atoms with E-state index in [2.05, 4.69) is 85.7 Å². The van der Waals surface area contributed by atoms with Gasteiger partial charge in [-0.3, -0.25) is 9.59 Å². The molecule has 354 valence electrons. The highest BCUT2D eigenvalue weighted by molar-refractivity contribution is 5.88. The van der Waals surface area contributed by atoms with Crippen molar-refractivity contribution < 1.29 is 19.8 Å². The number of amides is 2. The predicted octanol–water partition coefficient (Wildman–Crippen LogP) is 5.91. The van der Waals surface area contributed by atoms with Crippen molar-refractivity contribution in [2.24, 2.45) is 0 Å². The van der Waals surface area contributed by atoms with Crippen LogP contribution in [-0.4, -0.2) is 136 Å². The molecule has 1 saturated carbocycles. The lowest BCUT2D eigenvalue weighted by atomic mass is 9.91. The molecule has 4 aromatic rings. The van der Waals surface area contributed by atoms with Crippen molar-refractivity contribution in [2.75, 3.05) is 59.8 Å². The van der Waals surface area contributed by atoms with E-state index in [0.717, 1.165) is 137 Å². The maximum Gasteiger partial charge on any atom is 0.246 e. The van der Waals surface area contributed by atoms with Crippen LogP contribution in [0.2, 0.25) is 0 Å². The first kappa shape index (κ1) is 47.6. The summed E-state index contributed by atoms with van der Waals surface area (Å²) in [7, 11) is 0. The van der Waals surface area contributed by atoms with Crippen LogP contribution in [0.5, 0.6) is 0 Å². The third-order valence-electron chi connectivity index (χ3n) is 13.4. The van der Waals surface area contributed by atoms with E-state index in [4.69, 9.17) is 19.9 Å². The van der Waals surface area contributed by atoms with Crippen LogP contribution in [0.1, 0.15) is 130 Å². The van der Waals surface area contributed by atoms with Crippen molar-refractivity contribution in [3.8, 4) is 0 Å². The number of aliphatic hydroxyl groups excluding tert-OH is 2. The third-order valence-corrected chi connectivity index (χ3v) is 13.4. The molecule has 2 amide bonds. The summed E-state index contributed by atoms with van der Waals surface area (Å²) in [5, 5.41) is 29.4. The Morgan fingerprint density at radius 3 is 1.71 bits per heavy atom. The number of carbonyl (C=O) groups excluding carboxylic acids is 2. The van der Waals surface area contributed by atoms with Crippen LogP contribution in [0.4, 0.5) is 23.5 Å². The molecule has 5 N–H and O–H groups in total. The van der Waals surface area contributed by atoms with Crippen LogP contribution in [0.15, 0.2) is 38.0 Å². The van der Waals surface area contributed by atoms with Gasteiger partial charge in [-0.05, 0) is 130 Å². The largest absolute Gasteiger partial charge is 0.396 e.